The summed E-state index contributed by atoms with van der Waals surface area (Å²) in [7, 11) is 5.77. The molecule has 0 heterocycles. The maximum atomic E-state index is 12.6. The molecule has 1 atom stereocenters. The summed E-state index contributed by atoms with van der Waals surface area (Å²) in [6.07, 6.45) is 0.849. The van der Waals surface area contributed by atoms with Crippen LogP contribution in [0.15, 0.2) is 72.8 Å². The summed E-state index contributed by atoms with van der Waals surface area (Å²) in [6.45, 7) is 0. The maximum Gasteiger partial charge on any atom is 0.320 e. The molecule has 0 fully saturated rings. The summed E-state index contributed by atoms with van der Waals surface area (Å²) in [6, 6.07) is 24.6. The molecule has 0 saturated carbocycles. The topological polar surface area (TPSA) is 71.1 Å². The minimum absolute atomic E-state index is 0.210. The van der Waals surface area contributed by atoms with E-state index in [-0.39, 0.29) is 12.3 Å². The van der Waals surface area contributed by atoms with Crippen LogP contribution in [-0.2, 0) is 24.5 Å². The molecule has 182 valence electrons. The van der Waals surface area contributed by atoms with Gasteiger partial charge in [-0.05, 0) is 41.5 Å². The van der Waals surface area contributed by atoms with Gasteiger partial charge in [-0.15, -0.1) is 0 Å². The first-order valence-electron chi connectivity index (χ1n) is 11.5. The second-order valence-electron chi connectivity index (χ2n) is 8.64. The van der Waals surface area contributed by atoms with E-state index in [0.717, 1.165) is 22.3 Å². The van der Waals surface area contributed by atoms with E-state index in [4.69, 9.17) is 18.9 Å². The number of hydrogen-bond donors (Lipinski definition) is 0. The number of methoxy groups -OCH3 is 4. The first kappa shape index (κ1) is 24.3. The van der Waals surface area contributed by atoms with Gasteiger partial charge in [0.25, 0.3) is 0 Å². The van der Waals surface area contributed by atoms with Gasteiger partial charge in [-0.2, -0.15) is 0 Å². The summed E-state index contributed by atoms with van der Waals surface area (Å²) in [5, 5.41) is 0. The number of esters is 2. The first-order chi connectivity index (χ1) is 17.0. The van der Waals surface area contributed by atoms with Gasteiger partial charge in [0.15, 0.2) is 17.4 Å². The van der Waals surface area contributed by atoms with Crippen LogP contribution in [0.3, 0.4) is 0 Å². The van der Waals surface area contributed by atoms with Gasteiger partial charge >= 0.3 is 11.9 Å². The lowest BCUT2D eigenvalue weighted by Gasteiger charge is -2.33. The van der Waals surface area contributed by atoms with Gasteiger partial charge in [0.05, 0.1) is 28.4 Å². The molecule has 0 bridgehead atoms. The SMILES string of the molecule is COC(=O)C(CC1CC(c2ccccc2)(c2ccccc2)c2ccc(OC)c(OC)c21)C(=O)OC. The van der Waals surface area contributed by atoms with Crippen LogP contribution in [0.4, 0.5) is 0 Å². The van der Waals surface area contributed by atoms with Gasteiger partial charge in [0.1, 0.15) is 0 Å². The fourth-order valence-electron chi connectivity index (χ4n) is 5.53. The van der Waals surface area contributed by atoms with E-state index in [1.807, 2.05) is 42.5 Å². The van der Waals surface area contributed by atoms with Crippen LogP contribution in [0, 0.1) is 5.92 Å². The second-order valence-corrected chi connectivity index (χ2v) is 8.64. The summed E-state index contributed by atoms with van der Waals surface area (Å²) < 4.78 is 21.4. The molecule has 0 spiro atoms. The van der Waals surface area contributed by atoms with E-state index < -0.39 is 23.3 Å². The Morgan fingerprint density at radius 1 is 0.800 bits per heavy atom. The molecule has 0 aromatic heterocycles. The summed E-state index contributed by atoms with van der Waals surface area (Å²) in [5.74, 6) is -1.28. The van der Waals surface area contributed by atoms with Gasteiger partial charge in [0.2, 0.25) is 0 Å². The summed E-state index contributed by atoms with van der Waals surface area (Å²) in [4.78, 5) is 25.2. The van der Waals surface area contributed by atoms with Gasteiger partial charge in [-0.25, -0.2) is 0 Å². The quantitative estimate of drug-likeness (QED) is 0.342. The third-order valence-electron chi connectivity index (χ3n) is 7.03. The smallest absolute Gasteiger partial charge is 0.320 e. The van der Waals surface area contributed by atoms with Crippen LogP contribution < -0.4 is 9.47 Å². The summed E-state index contributed by atoms with van der Waals surface area (Å²) >= 11 is 0. The van der Waals surface area contributed by atoms with E-state index >= 15 is 0 Å². The second kappa shape index (κ2) is 10.2. The Labute approximate surface area is 205 Å². The zero-order valence-electron chi connectivity index (χ0n) is 20.4. The largest absolute Gasteiger partial charge is 0.493 e. The first-order valence-corrected chi connectivity index (χ1v) is 11.5. The molecule has 1 unspecified atom stereocenters. The molecule has 6 nitrogen and oxygen atoms in total. The van der Waals surface area contributed by atoms with Crippen molar-refractivity contribution >= 4 is 11.9 Å². The zero-order chi connectivity index (χ0) is 25.0. The monoisotopic (exact) mass is 474 g/mol. The fourth-order valence-corrected chi connectivity index (χ4v) is 5.53. The van der Waals surface area contributed by atoms with Gasteiger partial charge < -0.3 is 18.9 Å². The van der Waals surface area contributed by atoms with E-state index in [0.29, 0.717) is 17.9 Å². The normalized spacial score (nSPS) is 15.9. The van der Waals surface area contributed by atoms with Crippen LogP contribution in [-0.4, -0.2) is 40.4 Å². The molecule has 3 aromatic carbocycles. The van der Waals surface area contributed by atoms with Crippen LogP contribution in [0.2, 0.25) is 0 Å². The van der Waals surface area contributed by atoms with E-state index in [1.165, 1.54) is 14.2 Å². The molecule has 1 aliphatic rings. The Morgan fingerprint density at radius 3 is 1.80 bits per heavy atom. The number of carbonyl (C=O) groups is 2. The Kier molecular flexibility index (Phi) is 7.10. The van der Waals surface area contributed by atoms with Crippen molar-refractivity contribution in [3.05, 3.63) is 95.1 Å². The molecule has 0 N–H and O–H groups in total. The predicted molar refractivity (Wildman–Crippen MR) is 132 cm³/mol. The van der Waals surface area contributed by atoms with E-state index in [1.54, 1.807) is 14.2 Å². The molecular weight excluding hydrogens is 444 g/mol. The summed E-state index contributed by atoms with van der Waals surface area (Å²) in [5.41, 5.74) is 3.71. The Bertz CT molecular complexity index is 1130. The van der Waals surface area contributed by atoms with Crippen LogP contribution >= 0.6 is 0 Å². The lowest BCUT2D eigenvalue weighted by atomic mass is 9.69. The lowest BCUT2D eigenvalue weighted by molar-refractivity contribution is -0.159. The molecule has 35 heavy (non-hydrogen) atoms. The highest BCUT2D eigenvalue weighted by molar-refractivity contribution is 5.95. The molecule has 0 aliphatic heterocycles. The minimum atomic E-state index is -1.05. The van der Waals surface area contributed by atoms with Crippen molar-refractivity contribution in [1.82, 2.24) is 0 Å². The molecule has 6 heteroatoms. The van der Waals surface area contributed by atoms with Gasteiger partial charge in [-0.1, -0.05) is 66.7 Å². The Hall–Kier alpha value is -3.80. The molecular formula is C29H30O6. The lowest BCUT2D eigenvalue weighted by Crippen LogP contribution is -2.29. The van der Waals surface area contributed by atoms with Crippen molar-refractivity contribution < 1.29 is 28.5 Å². The molecule has 0 amide bonds. The van der Waals surface area contributed by atoms with E-state index in [9.17, 15) is 9.59 Å². The molecule has 3 aromatic rings. The van der Waals surface area contributed by atoms with Crippen molar-refractivity contribution in [1.29, 1.82) is 0 Å². The van der Waals surface area contributed by atoms with Crippen molar-refractivity contribution in [2.24, 2.45) is 5.92 Å². The maximum absolute atomic E-state index is 12.6. The average molecular weight is 475 g/mol. The van der Waals surface area contributed by atoms with Crippen molar-refractivity contribution in [2.45, 2.75) is 24.2 Å². The minimum Gasteiger partial charge on any atom is -0.493 e. The van der Waals surface area contributed by atoms with Crippen LogP contribution in [0.25, 0.3) is 0 Å². The molecule has 4 rings (SSSR count). The number of fused-ring (bicyclic) bond motifs is 1. The molecule has 1 aliphatic carbocycles. The van der Waals surface area contributed by atoms with Crippen LogP contribution in [0.5, 0.6) is 11.5 Å². The van der Waals surface area contributed by atoms with Crippen molar-refractivity contribution in [2.75, 3.05) is 28.4 Å². The fraction of sp³-hybridized carbons (Fsp3) is 0.310. The van der Waals surface area contributed by atoms with Crippen molar-refractivity contribution in [3.63, 3.8) is 0 Å². The number of ether oxygens (including phenoxy) is 4. The predicted octanol–water partition coefficient (Wildman–Crippen LogP) is 4.88. The highest BCUT2D eigenvalue weighted by atomic mass is 16.5. The third-order valence-corrected chi connectivity index (χ3v) is 7.03. The molecule has 0 radical (unpaired) electrons. The number of rotatable bonds is 8. The standard InChI is InChI=1S/C29H30O6/c1-32-24-16-15-23-25(26(24)33-2)19(17-22(27(30)34-3)28(31)35-4)18-29(23,20-11-7-5-8-12-20)21-13-9-6-10-14-21/h5-16,19,22H,17-18H2,1-4H3. The van der Waals surface area contributed by atoms with Crippen LogP contribution in [0.1, 0.15) is 41.0 Å². The molecule has 0 saturated heterocycles. The number of benzene rings is 3. The number of carbonyl (C=O) groups excluding carboxylic acids is 2. The van der Waals surface area contributed by atoms with Gasteiger partial charge in [0, 0.05) is 11.0 Å². The highest BCUT2D eigenvalue weighted by Crippen LogP contribution is 2.59. The Balaban J connectivity index is 1.98. The zero-order valence-corrected chi connectivity index (χ0v) is 20.4. The third kappa shape index (κ3) is 4.14. The number of hydrogen-bond acceptors (Lipinski definition) is 6. The van der Waals surface area contributed by atoms with Crippen molar-refractivity contribution in [3.8, 4) is 11.5 Å². The van der Waals surface area contributed by atoms with E-state index in [2.05, 4.69) is 30.3 Å². The average Bonchev–Trinajstić information content (AvgIpc) is 3.26. The Morgan fingerprint density at radius 2 is 1.34 bits per heavy atom. The highest BCUT2D eigenvalue weighted by Gasteiger charge is 2.50. The van der Waals surface area contributed by atoms with Gasteiger partial charge in [-0.3, -0.25) is 9.59 Å².